The SMILES string of the molecule is Cc1ccc(Nc2nc(Nc3ccc(C)cc3)nc(N[C@@H](C)C(=O)Nc3ccc(Cl)cc3)n2)cc1. The molecule has 0 unspecified atom stereocenters. The zero-order valence-electron chi connectivity index (χ0n) is 19.6. The van der Waals surface area contributed by atoms with Crippen LogP contribution in [0.3, 0.4) is 0 Å². The topological polar surface area (TPSA) is 104 Å². The van der Waals surface area contributed by atoms with Crippen LogP contribution >= 0.6 is 11.6 Å². The summed E-state index contributed by atoms with van der Waals surface area (Å²) in [6.07, 6.45) is 0. The average Bonchev–Trinajstić information content (AvgIpc) is 2.83. The number of aryl methyl sites for hydroxylation is 2. The van der Waals surface area contributed by atoms with Crippen molar-refractivity contribution in [2.45, 2.75) is 26.8 Å². The second kappa shape index (κ2) is 10.8. The van der Waals surface area contributed by atoms with Crippen LogP contribution < -0.4 is 21.3 Å². The van der Waals surface area contributed by atoms with Gasteiger partial charge in [-0.25, -0.2) is 0 Å². The van der Waals surface area contributed by atoms with Crippen LogP contribution in [0.5, 0.6) is 0 Å². The van der Waals surface area contributed by atoms with Crippen LogP contribution in [0.1, 0.15) is 18.1 Å². The first-order chi connectivity index (χ1) is 16.8. The van der Waals surface area contributed by atoms with E-state index in [2.05, 4.69) is 36.2 Å². The van der Waals surface area contributed by atoms with E-state index < -0.39 is 6.04 Å². The molecule has 0 aliphatic carbocycles. The Hall–Kier alpha value is -4.17. The molecule has 4 N–H and O–H groups in total. The molecule has 8 nitrogen and oxygen atoms in total. The number of nitrogens with zero attached hydrogens (tertiary/aromatic N) is 3. The van der Waals surface area contributed by atoms with Crippen molar-refractivity contribution in [3.05, 3.63) is 88.9 Å². The smallest absolute Gasteiger partial charge is 0.246 e. The summed E-state index contributed by atoms with van der Waals surface area (Å²) in [6, 6.07) is 22.1. The van der Waals surface area contributed by atoms with E-state index in [9.17, 15) is 4.79 Å². The minimum Gasteiger partial charge on any atom is -0.342 e. The highest BCUT2D eigenvalue weighted by molar-refractivity contribution is 6.30. The zero-order chi connectivity index (χ0) is 24.8. The molecule has 35 heavy (non-hydrogen) atoms. The van der Waals surface area contributed by atoms with E-state index in [1.165, 1.54) is 0 Å². The Balaban J connectivity index is 1.54. The predicted molar refractivity (Wildman–Crippen MR) is 142 cm³/mol. The monoisotopic (exact) mass is 487 g/mol. The third-order valence-corrected chi connectivity index (χ3v) is 5.35. The molecule has 0 bridgehead atoms. The number of carbonyl (C=O) groups excluding carboxylic acids is 1. The molecule has 4 aromatic rings. The van der Waals surface area contributed by atoms with Gasteiger partial charge in [0, 0.05) is 22.1 Å². The molecule has 9 heteroatoms. The molecule has 1 aromatic heterocycles. The minimum absolute atomic E-state index is 0.242. The van der Waals surface area contributed by atoms with Gasteiger partial charge >= 0.3 is 0 Å². The molecular weight excluding hydrogens is 462 g/mol. The quantitative estimate of drug-likeness (QED) is 0.239. The molecule has 1 atom stereocenters. The van der Waals surface area contributed by atoms with Gasteiger partial charge in [-0.05, 0) is 69.3 Å². The third kappa shape index (κ3) is 6.91. The van der Waals surface area contributed by atoms with E-state index in [0.29, 0.717) is 22.6 Å². The van der Waals surface area contributed by atoms with Crippen molar-refractivity contribution in [3.8, 4) is 0 Å². The largest absolute Gasteiger partial charge is 0.342 e. The average molecular weight is 488 g/mol. The Morgan fingerprint density at radius 3 is 1.60 bits per heavy atom. The summed E-state index contributed by atoms with van der Waals surface area (Å²) in [7, 11) is 0. The number of halogens is 1. The van der Waals surface area contributed by atoms with Crippen molar-refractivity contribution in [2.75, 3.05) is 21.3 Å². The van der Waals surface area contributed by atoms with Crippen LogP contribution in [-0.4, -0.2) is 26.9 Å². The molecule has 178 valence electrons. The maximum atomic E-state index is 12.7. The lowest BCUT2D eigenvalue weighted by Crippen LogP contribution is -2.32. The molecule has 1 heterocycles. The van der Waals surface area contributed by atoms with Crippen molar-refractivity contribution in [1.29, 1.82) is 0 Å². The number of benzene rings is 3. The van der Waals surface area contributed by atoms with Crippen molar-refractivity contribution in [1.82, 2.24) is 15.0 Å². The van der Waals surface area contributed by atoms with Crippen LogP contribution in [0.25, 0.3) is 0 Å². The van der Waals surface area contributed by atoms with Gasteiger partial charge in [0.2, 0.25) is 23.8 Å². The van der Waals surface area contributed by atoms with Gasteiger partial charge in [-0.1, -0.05) is 47.0 Å². The van der Waals surface area contributed by atoms with Gasteiger partial charge < -0.3 is 21.3 Å². The number of amides is 1. The first-order valence-corrected chi connectivity index (χ1v) is 11.5. The Kier molecular flexibility index (Phi) is 7.42. The van der Waals surface area contributed by atoms with Crippen LogP contribution in [0.2, 0.25) is 5.02 Å². The molecule has 0 fully saturated rings. The summed E-state index contributed by atoms with van der Waals surface area (Å²) >= 11 is 5.92. The van der Waals surface area contributed by atoms with E-state index in [4.69, 9.17) is 11.6 Å². The van der Waals surface area contributed by atoms with Crippen LogP contribution in [0.4, 0.5) is 34.9 Å². The molecular formula is C26H26ClN7O. The lowest BCUT2D eigenvalue weighted by atomic mass is 10.2. The van der Waals surface area contributed by atoms with Crippen LogP contribution in [-0.2, 0) is 4.79 Å². The van der Waals surface area contributed by atoms with E-state index in [0.717, 1.165) is 22.5 Å². The van der Waals surface area contributed by atoms with Gasteiger partial charge in [0.25, 0.3) is 0 Å². The fourth-order valence-corrected chi connectivity index (χ4v) is 3.25. The summed E-state index contributed by atoms with van der Waals surface area (Å²) in [5.41, 5.74) is 4.61. The first-order valence-electron chi connectivity index (χ1n) is 11.1. The van der Waals surface area contributed by atoms with E-state index in [-0.39, 0.29) is 11.9 Å². The number of hydrogen-bond donors (Lipinski definition) is 4. The Morgan fingerprint density at radius 2 is 1.11 bits per heavy atom. The van der Waals surface area contributed by atoms with E-state index >= 15 is 0 Å². The maximum Gasteiger partial charge on any atom is 0.246 e. The number of nitrogens with one attached hydrogen (secondary N) is 4. The van der Waals surface area contributed by atoms with E-state index in [1.54, 1.807) is 31.2 Å². The molecule has 0 saturated heterocycles. The third-order valence-electron chi connectivity index (χ3n) is 5.10. The van der Waals surface area contributed by atoms with Gasteiger partial charge in [0.05, 0.1) is 0 Å². The van der Waals surface area contributed by atoms with Gasteiger partial charge in [0.1, 0.15) is 6.04 Å². The number of aromatic nitrogens is 3. The Morgan fingerprint density at radius 1 is 0.686 bits per heavy atom. The molecule has 0 spiro atoms. The lowest BCUT2D eigenvalue weighted by molar-refractivity contribution is -0.116. The Bertz CT molecular complexity index is 1230. The highest BCUT2D eigenvalue weighted by Crippen LogP contribution is 2.20. The molecule has 0 saturated carbocycles. The number of anilines is 6. The molecule has 4 rings (SSSR count). The maximum absolute atomic E-state index is 12.7. The highest BCUT2D eigenvalue weighted by Gasteiger charge is 2.16. The minimum atomic E-state index is -0.618. The number of carbonyl (C=O) groups is 1. The summed E-state index contributed by atoms with van der Waals surface area (Å²) in [4.78, 5) is 26.1. The van der Waals surface area contributed by atoms with Gasteiger partial charge in [-0.15, -0.1) is 0 Å². The summed E-state index contributed by atoms with van der Waals surface area (Å²) in [5, 5.41) is 12.9. The highest BCUT2D eigenvalue weighted by atomic mass is 35.5. The second-order valence-corrected chi connectivity index (χ2v) is 8.59. The standard InChI is InChI=1S/C26H26ClN7O/c1-16-4-10-21(11-5-16)30-25-32-24(33-26(34-25)31-22-12-6-17(2)7-13-22)28-18(3)23(35)29-20-14-8-19(27)9-15-20/h4-15,18H,1-3H3,(H,29,35)(H3,28,30,31,32,33,34)/t18-/m0/s1. The first kappa shape index (κ1) is 24.0. The number of hydrogen-bond acceptors (Lipinski definition) is 7. The number of rotatable bonds is 8. The molecule has 0 radical (unpaired) electrons. The van der Waals surface area contributed by atoms with Gasteiger partial charge in [-0.2, -0.15) is 15.0 Å². The molecule has 1 amide bonds. The zero-order valence-corrected chi connectivity index (χ0v) is 20.4. The van der Waals surface area contributed by atoms with Crippen LogP contribution in [0.15, 0.2) is 72.8 Å². The fourth-order valence-electron chi connectivity index (χ4n) is 3.13. The summed E-state index contributed by atoms with van der Waals surface area (Å²) in [5.74, 6) is 0.689. The van der Waals surface area contributed by atoms with Crippen molar-refractivity contribution in [3.63, 3.8) is 0 Å². The van der Waals surface area contributed by atoms with E-state index in [1.807, 2.05) is 62.4 Å². The van der Waals surface area contributed by atoms with Gasteiger partial charge in [0.15, 0.2) is 0 Å². The van der Waals surface area contributed by atoms with Gasteiger partial charge in [-0.3, -0.25) is 4.79 Å². The lowest BCUT2D eigenvalue weighted by Gasteiger charge is -2.16. The fraction of sp³-hybridized carbons (Fsp3) is 0.154. The molecule has 3 aromatic carbocycles. The normalized spacial score (nSPS) is 11.4. The van der Waals surface area contributed by atoms with Crippen molar-refractivity contribution in [2.24, 2.45) is 0 Å². The molecule has 0 aliphatic rings. The van der Waals surface area contributed by atoms with Crippen LogP contribution in [0, 0.1) is 13.8 Å². The second-order valence-electron chi connectivity index (χ2n) is 8.15. The molecule has 0 aliphatic heterocycles. The predicted octanol–water partition coefficient (Wildman–Crippen LogP) is 6.07. The van der Waals surface area contributed by atoms with Crippen molar-refractivity contribution >= 4 is 52.4 Å². The Labute approximate surface area is 209 Å². The summed E-state index contributed by atoms with van der Waals surface area (Å²) < 4.78 is 0. The van der Waals surface area contributed by atoms with Crippen molar-refractivity contribution < 1.29 is 4.79 Å². The summed E-state index contributed by atoms with van der Waals surface area (Å²) in [6.45, 7) is 5.78.